The van der Waals surface area contributed by atoms with E-state index in [-0.39, 0.29) is 35.9 Å². The van der Waals surface area contributed by atoms with Crippen molar-refractivity contribution in [2.75, 3.05) is 5.73 Å². The maximum Gasteiger partial charge on any atom is 0.223 e. The first kappa shape index (κ1) is 16.0. The highest BCUT2D eigenvalue weighted by Gasteiger charge is 2.36. The minimum Gasteiger partial charge on any atom is -0.487 e. The number of fused-ring (bicyclic) bond motifs is 1. The standard InChI is InChI=1S/C16H22N2O2.ClH/c1-16(2)9-13(18-15(19)10-4-3-5-10)12-8-11(17)6-7-14(12)20-16;/h6-8,10,13H,3-5,9,17H2,1-2H3,(H,18,19);1H. The lowest BCUT2D eigenvalue weighted by molar-refractivity contribution is -0.128. The number of nitrogens with two attached hydrogens (primary N) is 1. The molecule has 21 heavy (non-hydrogen) atoms. The van der Waals surface area contributed by atoms with Crippen molar-refractivity contribution in [2.45, 2.75) is 51.2 Å². The molecule has 1 saturated carbocycles. The van der Waals surface area contributed by atoms with E-state index in [0.717, 1.165) is 30.6 Å². The number of rotatable bonds is 2. The van der Waals surface area contributed by atoms with Crippen LogP contribution in [0.2, 0.25) is 0 Å². The highest BCUT2D eigenvalue weighted by atomic mass is 35.5. The maximum absolute atomic E-state index is 12.2. The van der Waals surface area contributed by atoms with Crippen molar-refractivity contribution in [3.8, 4) is 5.75 Å². The lowest BCUT2D eigenvalue weighted by atomic mass is 9.83. The Morgan fingerprint density at radius 1 is 1.38 bits per heavy atom. The molecule has 116 valence electrons. The number of anilines is 1. The Balaban J connectivity index is 0.00000161. The van der Waals surface area contributed by atoms with E-state index >= 15 is 0 Å². The Hall–Kier alpha value is -1.42. The summed E-state index contributed by atoms with van der Waals surface area (Å²) in [6.07, 6.45) is 3.97. The molecule has 1 aliphatic carbocycles. The van der Waals surface area contributed by atoms with Crippen LogP contribution in [0.1, 0.15) is 51.1 Å². The number of ether oxygens (including phenoxy) is 1. The molecule has 1 aromatic rings. The fourth-order valence-corrected chi connectivity index (χ4v) is 2.96. The van der Waals surface area contributed by atoms with Crippen LogP contribution in [0.5, 0.6) is 5.75 Å². The van der Waals surface area contributed by atoms with Gasteiger partial charge in [0, 0.05) is 23.6 Å². The van der Waals surface area contributed by atoms with Gasteiger partial charge in [0.1, 0.15) is 11.4 Å². The molecule has 3 rings (SSSR count). The zero-order valence-corrected chi connectivity index (χ0v) is 13.3. The fraction of sp³-hybridized carbons (Fsp3) is 0.562. The Kier molecular flexibility index (Phi) is 4.38. The van der Waals surface area contributed by atoms with E-state index in [0.29, 0.717) is 5.69 Å². The third-order valence-corrected chi connectivity index (χ3v) is 4.28. The van der Waals surface area contributed by atoms with Gasteiger partial charge in [0.05, 0.1) is 6.04 Å². The second-order valence-electron chi connectivity index (χ2n) is 6.55. The molecule has 1 fully saturated rings. The summed E-state index contributed by atoms with van der Waals surface area (Å²) in [4.78, 5) is 12.2. The molecular weight excluding hydrogens is 288 g/mol. The van der Waals surface area contributed by atoms with Crippen molar-refractivity contribution < 1.29 is 9.53 Å². The molecule has 0 saturated heterocycles. The molecule has 1 amide bonds. The number of halogens is 1. The van der Waals surface area contributed by atoms with Crippen molar-refractivity contribution in [1.82, 2.24) is 5.32 Å². The first-order valence-electron chi connectivity index (χ1n) is 7.33. The number of hydrogen-bond donors (Lipinski definition) is 2. The molecule has 0 radical (unpaired) electrons. The SMILES string of the molecule is CC1(C)CC(NC(=O)C2CCC2)c2cc(N)ccc2O1.Cl. The molecule has 1 aromatic carbocycles. The van der Waals surface area contributed by atoms with E-state index in [9.17, 15) is 4.79 Å². The van der Waals surface area contributed by atoms with Crippen LogP contribution in [0.3, 0.4) is 0 Å². The predicted octanol–water partition coefficient (Wildman–Crippen LogP) is 3.21. The van der Waals surface area contributed by atoms with Crippen molar-refractivity contribution in [3.63, 3.8) is 0 Å². The van der Waals surface area contributed by atoms with Crippen molar-refractivity contribution >= 4 is 24.0 Å². The van der Waals surface area contributed by atoms with Gasteiger partial charge in [0.2, 0.25) is 5.91 Å². The normalized spacial score (nSPS) is 23.0. The molecule has 1 heterocycles. The van der Waals surface area contributed by atoms with Gasteiger partial charge in [-0.2, -0.15) is 0 Å². The second-order valence-corrected chi connectivity index (χ2v) is 6.55. The number of hydrogen-bond acceptors (Lipinski definition) is 3. The van der Waals surface area contributed by atoms with Crippen LogP contribution in [0.25, 0.3) is 0 Å². The Morgan fingerprint density at radius 3 is 2.71 bits per heavy atom. The van der Waals surface area contributed by atoms with Crippen LogP contribution in [0.4, 0.5) is 5.69 Å². The van der Waals surface area contributed by atoms with Crippen molar-refractivity contribution in [3.05, 3.63) is 23.8 Å². The van der Waals surface area contributed by atoms with Crippen molar-refractivity contribution in [1.29, 1.82) is 0 Å². The predicted molar refractivity (Wildman–Crippen MR) is 85.7 cm³/mol. The van der Waals surface area contributed by atoms with Crippen molar-refractivity contribution in [2.24, 2.45) is 5.92 Å². The largest absolute Gasteiger partial charge is 0.487 e. The van der Waals surface area contributed by atoms with Gasteiger partial charge in [0.25, 0.3) is 0 Å². The number of carbonyl (C=O) groups is 1. The van der Waals surface area contributed by atoms with Gasteiger partial charge in [-0.25, -0.2) is 0 Å². The quantitative estimate of drug-likeness (QED) is 0.824. The maximum atomic E-state index is 12.2. The van der Waals surface area contributed by atoms with Gasteiger partial charge in [-0.15, -0.1) is 12.4 Å². The zero-order chi connectivity index (χ0) is 14.3. The summed E-state index contributed by atoms with van der Waals surface area (Å²) in [6, 6.07) is 5.64. The Bertz CT molecular complexity index is 541. The molecule has 3 N–H and O–H groups in total. The lowest BCUT2D eigenvalue weighted by Crippen LogP contribution is -2.43. The molecule has 2 aliphatic rings. The summed E-state index contributed by atoms with van der Waals surface area (Å²) < 4.78 is 5.98. The van der Waals surface area contributed by atoms with Crippen LogP contribution < -0.4 is 15.8 Å². The third kappa shape index (κ3) is 3.26. The lowest BCUT2D eigenvalue weighted by Gasteiger charge is -2.39. The second kappa shape index (κ2) is 5.76. The summed E-state index contributed by atoms with van der Waals surface area (Å²) in [5.74, 6) is 1.20. The number of benzene rings is 1. The van der Waals surface area contributed by atoms with E-state index in [1.54, 1.807) is 0 Å². The summed E-state index contributed by atoms with van der Waals surface area (Å²) in [5.41, 5.74) is 7.30. The first-order chi connectivity index (χ1) is 9.44. The van der Waals surface area contributed by atoms with Gasteiger partial charge in [-0.05, 0) is 44.9 Å². The molecule has 5 heteroatoms. The number of carbonyl (C=O) groups excluding carboxylic acids is 1. The summed E-state index contributed by atoms with van der Waals surface area (Å²) >= 11 is 0. The van der Waals surface area contributed by atoms with Gasteiger partial charge in [-0.1, -0.05) is 6.42 Å². The summed E-state index contributed by atoms with van der Waals surface area (Å²) in [6.45, 7) is 4.10. The minimum atomic E-state index is -0.277. The molecule has 0 aromatic heterocycles. The van der Waals surface area contributed by atoms with E-state index < -0.39 is 0 Å². The molecule has 4 nitrogen and oxygen atoms in total. The van der Waals surface area contributed by atoms with Crippen LogP contribution in [-0.4, -0.2) is 11.5 Å². The minimum absolute atomic E-state index is 0. The van der Waals surface area contributed by atoms with Crippen LogP contribution in [0, 0.1) is 5.92 Å². The molecule has 0 bridgehead atoms. The Labute approximate surface area is 131 Å². The summed E-state index contributed by atoms with van der Waals surface area (Å²) in [7, 11) is 0. The molecule has 1 atom stereocenters. The van der Waals surface area contributed by atoms with Crippen LogP contribution in [0.15, 0.2) is 18.2 Å². The van der Waals surface area contributed by atoms with Gasteiger partial charge in [0.15, 0.2) is 0 Å². The van der Waals surface area contributed by atoms with Crippen LogP contribution >= 0.6 is 12.4 Å². The Morgan fingerprint density at radius 2 is 2.10 bits per heavy atom. The van der Waals surface area contributed by atoms with E-state index in [1.807, 2.05) is 18.2 Å². The monoisotopic (exact) mass is 310 g/mol. The summed E-state index contributed by atoms with van der Waals surface area (Å²) in [5, 5.41) is 3.19. The number of nitrogen functional groups attached to an aromatic ring is 1. The highest BCUT2D eigenvalue weighted by Crippen LogP contribution is 2.40. The molecule has 1 aliphatic heterocycles. The topological polar surface area (TPSA) is 64.4 Å². The van der Waals surface area contributed by atoms with E-state index in [2.05, 4.69) is 19.2 Å². The number of nitrogens with one attached hydrogen (secondary N) is 1. The third-order valence-electron chi connectivity index (χ3n) is 4.28. The number of amides is 1. The highest BCUT2D eigenvalue weighted by molar-refractivity contribution is 5.85. The smallest absolute Gasteiger partial charge is 0.223 e. The average molecular weight is 311 g/mol. The van der Waals surface area contributed by atoms with Gasteiger partial charge < -0.3 is 15.8 Å². The van der Waals surface area contributed by atoms with Gasteiger partial charge in [-0.3, -0.25) is 4.79 Å². The average Bonchev–Trinajstić information content (AvgIpc) is 2.26. The van der Waals surface area contributed by atoms with E-state index in [1.165, 1.54) is 6.42 Å². The first-order valence-corrected chi connectivity index (χ1v) is 7.33. The molecule has 1 unspecified atom stereocenters. The van der Waals surface area contributed by atoms with Crippen LogP contribution in [-0.2, 0) is 4.79 Å². The molecular formula is C16H23ClN2O2. The fourth-order valence-electron chi connectivity index (χ4n) is 2.96. The van der Waals surface area contributed by atoms with E-state index in [4.69, 9.17) is 10.5 Å². The van der Waals surface area contributed by atoms with Gasteiger partial charge >= 0.3 is 0 Å². The zero-order valence-electron chi connectivity index (χ0n) is 12.5. The molecule has 0 spiro atoms.